The minimum absolute atomic E-state index is 0.730. The number of hydrogen-bond donors (Lipinski definition) is 0. The predicted molar refractivity (Wildman–Crippen MR) is 104 cm³/mol. The van der Waals surface area contributed by atoms with Gasteiger partial charge in [0, 0.05) is 12.0 Å². The van der Waals surface area contributed by atoms with Crippen molar-refractivity contribution in [3.05, 3.63) is 101 Å². The van der Waals surface area contributed by atoms with Gasteiger partial charge in [0.05, 0.1) is 6.61 Å². The molecule has 120 valence electrons. The quantitative estimate of drug-likeness (QED) is 0.391. The van der Waals surface area contributed by atoms with Crippen LogP contribution in [-0.2, 0) is 0 Å². The van der Waals surface area contributed by atoms with Crippen LogP contribution in [0.3, 0.4) is 0 Å². The Labute approximate surface area is 147 Å². The molecule has 0 atom stereocenters. The summed E-state index contributed by atoms with van der Waals surface area (Å²) in [5.74, 6) is 0.989. The van der Waals surface area contributed by atoms with Crippen molar-refractivity contribution >= 4 is 23.3 Å². The van der Waals surface area contributed by atoms with Gasteiger partial charge in [0.2, 0.25) is 0 Å². The minimum Gasteiger partial charge on any atom is -0.493 e. The Morgan fingerprint density at radius 1 is 0.600 bits per heavy atom. The highest BCUT2D eigenvalue weighted by molar-refractivity contribution is 6.05. The van der Waals surface area contributed by atoms with Gasteiger partial charge in [-0.1, -0.05) is 78.9 Å². The van der Waals surface area contributed by atoms with Crippen LogP contribution in [0.2, 0.25) is 0 Å². The first-order valence-electron chi connectivity index (χ1n) is 8.74. The molecule has 0 N–H and O–H groups in total. The molecule has 0 aromatic heterocycles. The number of ether oxygens (including phenoxy) is 1. The predicted octanol–water partition coefficient (Wildman–Crippen LogP) is 5.91. The third kappa shape index (κ3) is 2.32. The maximum absolute atomic E-state index is 5.90. The van der Waals surface area contributed by atoms with Crippen LogP contribution in [0.4, 0.5) is 0 Å². The lowest BCUT2D eigenvalue weighted by atomic mass is 9.85. The van der Waals surface area contributed by atoms with Crippen LogP contribution < -0.4 is 4.74 Å². The van der Waals surface area contributed by atoms with Gasteiger partial charge < -0.3 is 4.74 Å². The highest BCUT2D eigenvalue weighted by Crippen LogP contribution is 2.43. The summed E-state index contributed by atoms with van der Waals surface area (Å²) in [5, 5.41) is 0. The largest absolute Gasteiger partial charge is 0.493 e. The molecule has 1 aliphatic heterocycles. The second-order valence-corrected chi connectivity index (χ2v) is 6.46. The number of benzene rings is 3. The molecular formula is C24H18O. The Bertz CT molecular complexity index is 972. The van der Waals surface area contributed by atoms with Crippen LogP contribution in [0.15, 0.2) is 72.8 Å². The van der Waals surface area contributed by atoms with Gasteiger partial charge in [-0.25, -0.2) is 0 Å². The van der Waals surface area contributed by atoms with E-state index in [0.29, 0.717) is 0 Å². The van der Waals surface area contributed by atoms with Crippen molar-refractivity contribution in [3.63, 3.8) is 0 Å². The summed E-state index contributed by atoms with van der Waals surface area (Å²) < 4.78 is 5.90. The lowest BCUT2D eigenvalue weighted by Gasteiger charge is -2.24. The third-order valence-corrected chi connectivity index (χ3v) is 5.03. The molecule has 1 heteroatoms. The van der Waals surface area contributed by atoms with E-state index >= 15 is 0 Å². The van der Waals surface area contributed by atoms with Crippen LogP contribution in [-0.4, -0.2) is 6.61 Å². The lowest BCUT2D eigenvalue weighted by Crippen LogP contribution is -2.10. The Balaban J connectivity index is 1.89. The number of rotatable bonds is 0. The second kappa shape index (κ2) is 5.78. The molecular weight excluding hydrogens is 304 g/mol. The van der Waals surface area contributed by atoms with E-state index < -0.39 is 0 Å². The van der Waals surface area contributed by atoms with Crippen LogP contribution in [0.5, 0.6) is 5.75 Å². The van der Waals surface area contributed by atoms with E-state index in [1.807, 2.05) is 6.07 Å². The summed E-state index contributed by atoms with van der Waals surface area (Å²) in [6.07, 6.45) is 5.38. The molecule has 1 nitrogen and oxygen atoms in total. The Kier molecular flexibility index (Phi) is 3.31. The normalized spacial score (nSPS) is 14.9. The van der Waals surface area contributed by atoms with Gasteiger partial charge in [0.25, 0.3) is 0 Å². The molecule has 1 heterocycles. The number of hydrogen-bond acceptors (Lipinski definition) is 1. The molecule has 0 saturated heterocycles. The van der Waals surface area contributed by atoms with E-state index in [0.717, 1.165) is 18.8 Å². The summed E-state index contributed by atoms with van der Waals surface area (Å²) in [6, 6.07) is 25.8. The van der Waals surface area contributed by atoms with Gasteiger partial charge >= 0.3 is 0 Å². The van der Waals surface area contributed by atoms with E-state index in [-0.39, 0.29) is 0 Å². The monoisotopic (exact) mass is 322 g/mol. The fraction of sp³-hybridized carbons (Fsp3) is 0.0833. The summed E-state index contributed by atoms with van der Waals surface area (Å²) >= 11 is 0. The zero-order valence-corrected chi connectivity index (χ0v) is 13.9. The average molecular weight is 322 g/mol. The molecule has 0 amide bonds. The van der Waals surface area contributed by atoms with Crippen molar-refractivity contribution < 1.29 is 4.74 Å². The maximum Gasteiger partial charge on any atom is 0.126 e. The Hall–Kier alpha value is -3.06. The van der Waals surface area contributed by atoms with Gasteiger partial charge in [-0.05, 0) is 39.5 Å². The minimum atomic E-state index is 0.730. The van der Waals surface area contributed by atoms with Crippen molar-refractivity contribution in [2.45, 2.75) is 6.42 Å². The topological polar surface area (TPSA) is 9.23 Å². The van der Waals surface area contributed by atoms with E-state index in [1.54, 1.807) is 0 Å². The summed E-state index contributed by atoms with van der Waals surface area (Å²) in [5.41, 5.74) is 9.08. The van der Waals surface area contributed by atoms with Gasteiger partial charge in [-0.2, -0.15) is 0 Å². The standard InChI is InChI=1S/C24H18O/c1-3-9-19-17(7-1)13-14-18-8-2-4-10-20(18)24(19)22-15-16-25-23-12-6-5-11-21(22)23/h1-14H,15-16H2. The van der Waals surface area contributed by atoms with Gasteiger partial charge in [-0.3, -0.25) is 0 Å². The van der Waals surface area contributed by atoms with Crippen molar-refractivity contribution in [1.29, 1.82) is 0 Å². The van der Waals surface area contributed by atoms with Crippen molar-refractivity contribution in [3.8, 4) is 5.75 Å². The molecule has 0 unspecified atom stereocenters. The van der Waals surface area contributed by atoms with Crippen LogP contribution in [0.1, 0.15) is 34.2 Å². The van der Waals surface area contributed by atoms with Gasteiger partial charge in [0.15, 0.2) is 0 Å². The van der Waals surface area contributed by atoms with Crippen molar-refractivity contribution in [2.24, 2.45) is 0 Å². The lowest BCUT2D eigenvalue weighted by molar-refractivity contribution is 0.316. The summed E-state index contributed by atoms with van der Waals surface area (Å²) in [4.78, 5) is 0. The van der Waals surface area contributed by atoms with Crippen LogP contribution in [0, 0.1) is 0 Å². The number of para-hydroxylation sites is 1. The van der Waals surface area contributed by atoms with E-state index in [9.17, 15) is 0 Å². The molecule has 0 saturated carbocycles. The third-order valence-electron chi connectivity index (χ3n) is 5.03. The molecule has 3 aromatic carbocycles. The summed E-state index contributed by atoms with van der Waals surface area (Å²) in [6.45, 7) is 0.730. The number of fused-ring (bicyclic) bond motifs is 3. The SMILES string of the molecule is C1=Cc2ccccc2C(=C2CCOc3ccccc32)c2ccccc21. The van der Waals surface area contributed by atoms with Gasteiger partial charge in [0.1, 0.15) is 5.75 Å². The molecule has 0 bridgehead atoms. The molecule has 3 aromatic rings. The molecule has 1 aliphatic carbocycles. The van der Waals surface area contributed by atoms with Crippen molar-refractivity contribution in [2.75, 3.05) is 6.61 Å². The smallest absolute Gasteiger partial charge is 0.126 e. The molecule has 0 fully saturated rings. The molecule has 2 aliphatic rings. The van der Waals surface area contributed by atoms with Crippen molar-refractivity contribution in [1.82, 2.24) is 0 Å². The first-order chi connectivity index (χ1) is 12.4. The molecule has 5 rings (SSSR count). The second-order valence-electron chi connectivity index (χ2n) is 6.46. The highest BCUT2D eigenvalue weighted by atomic mass is 16.5. The fourth-order valence-corrected chi connectivity index (χ4v) is 3.89. The molecule has 0 spiro atoms. The molecule has 25 heavy (non-hydrogen) atoms. The van der Waals surface area contributed by atoms with Gasteiger partial charge in [-0.15, -0.1) is 0 Å². The Morgan fingerprint density at radius 3 is 1.84 bits per heavy atom. The highest BCUT2D eigenvalue weighted by Gasteiger charge is 2.23. The average Bonchev–Trinajstić information content (AvgIpc) is 2.84. The summed E-state index contributed by atoms with van der Waals surface area (Å²) in [7, 11) is 0. The van der Waals surface area contributed by atoms with Crippen LogP contribution >= 0.6 is 0 Å². The first kappa shape index (κ1) is 14.3. The maximum atomic E-state index is 5.90. The van der Waals surface area contributed by atoms with E-state index in [2.05, 4.69) is 78.9 Å². The van der Waals surface area contributed by atoms with E-state index in [4.69, 9.17) is 4.74 Å². The Morgan fingerprint density at radius 2 is 1.16 bits per heavy atom. The zero-order chi connectivity index (χ0) is 16.6. The molecule has 0 radical (unpaired) electrons. The van der Waals surface area contributed by atoms with E-state index in [1.165, 1.54) is 39.0 Å². The fourth-order valence-electron chi connectivity index (χ4n) is 3.89. The van der Waals surface area contributed by atoms with Crippen LogP contribution in [0.25, 0.3) is 23.3 Å². The zero-order valence-electron chi connectivity index (χ0n) is 13.9. The first-order valence-corrected chi connectivity index (χ1v) is 8.74.